The fourth-order valence-electron chi connectivity index (χ4n) is 3.60. The Hall–Kier alpha value is -3.16. The maximum Gasteiger partial charge on any atom is 0.326 e. The van der Waals surface area contributed by atoms with Crippen molar-refractivity contribution in [3.8, 4) is 0 Å². The number of esters is 1. The highest BCUT2D eigenvalue weighted by molar-refractivity contribution is 6.30. The molecule has 33 heavy (non-hydrogen) atoms. The lowest BCUT2D eigenvalue weighted by Crippen LogP contribution is -2.42. The molecule has 174 valence electrons. The molecule has 0 amide bonds. The van der Waals surface area contributed by atoms with Gasteiger partial charge in [-0.1, -0.05) is 79.2 Å². The summed E-state index contributed by atoms with van der Waals surface area (Å²) in [4.78, 5) is 31.9. The lowest BCUT2D eigenvalue weighted by molar-refractivity contribution is -0.145. The fourth-order valence-corrected chi connectivity index (χ4v) is 3.78. The van der Waals surface area contributed by atoms with E-state index in [9.17, 15) is 9.59 Å². The predicted octanol–water partition coefficient (Wildman–Crippen LogP) is 4.05. The van der Waals surface area contributed by atoms with Crippen molar-refractivity contribution < 1.29 is 9.53 Å². The summed E-state index contributed by atoms with van der Waals surface area (Å²) in [7, 11) is 3.85. The molecule has 1 N–H and O–H groups in total. The highest BCUT2D eigenvalue weighted by Crippen LogP contribution is 2.23. The molecule has 1 aromatic heterocycles. The molecule has 2 unspecified atom stereocenters. The monoisotopic (exact) mass is 468 g/mol. The predicted molar refractivity (Wildman–Crippen MR) is 130 cm³/mol. The summed E-state index contributed by atoms with van der Waals surface area (Å²) in [5.74, 6) is -0.395. The summed E-state index contributed by atoms with van der Waals surface area (Å²) in [6.45, 7) is 3.60. The van der Waals surface area contributed by atoms with Crippen LogP contribution in [0.4, 0.5) is 5.82 Å². The minimum Gasteiger partial charge on any atom is -0.459 e. The molecular weight excluding hydrogens is 440 g/mol. The number of ether oxygens (including phenoxy) is 1. The Morgan fingerprint density at radius 2 is 1.73 bits per heavy atom. The van der Waals surface area contributed by atoms with Crippen LogP contribution in [0.1, 0.15) is 29.7 Å². The van der Waals surface area contributed by atoms with E-state index in [2.05, 4.69) is 17.2 Å². The average Bonchev–Trinajstić information content (AvgIpc) is 2.82. The molecule has 3 aromatic rings. The van der Waals surface area contributed by atoms with Gasteiger partial charge in [-0.25, -0.2) is 4.98 Å². The topological polar surface area (TPSA) is 76.5 Å². The van der Waals surface area contributed by atoms with Crippen LogP contribution in [-0.2, 0) is 22.7 Å². The van der Waals surface area contributed by atoms with E-state index in [1.165, 1.54) is 4.57 Å². The lowest BCUT2D eigenvalue weighted by Gasteiger charge is -2.31. The van der Waals surface area contributed by atoms with Crippen LogP contribution in [0.2, 0.25) is 5.15 Å². The highest BCUT2D eigenvalue weighted by atomic mass is 35.5. The molecule has 1 heterocycles. The number of carbonyl (C=O) groups excluding carboxylic acids is 1. The standard InChI is InChI=1S/C25H29ClN4O3/c1-17(20-13-9-6-10-14-20)24(29(3)4)28-23-25(32)30(18(2)22(26)27-23)15-21(31)33-16-19-11-7-5-8-12-19/h5-14,17,24H,15-16H2,1-4H3,(H,27,28). The van der Waals surface area contributed by atoms with Gasteiger partial charge in [-0.3, -0.25) is 19.1 Å². The van der Waals surface area contributed by atoms with Gasteiger partial charge in [0.05, 0.1) is 11.9 Å². The van der Waals surface area contributed by atoms with Crippen LogP contribution in [0.25, 0.3) is 0 Å². The summed E-state index contributed by atoms with van der Waals surface area (Å²) < 4.78 is 6.64. The number of nitrogens with one attached hydrogen (secondary N) is 1. The van der Waals surface area contributed by atoms with Gasteiger partial charge in [0.25, 0.3) is 5.56 Å². The van der Waals surface area contributed by atoms with Gasteiger partial charge in [0.15, 0.2) is 11.0 Å². The van der Waals surface area contributed by atoms with Gasteiger partial charge in [0.2, 0.25) is 0 Å². The Kier molecular flexibility index (Phi) is 8.25. The van der Waals surface area contributed by atoms with Crippen molar-refractivity contribution in [2.45, 2.75) is 39.1 Å². The summed E-state index contributed by atoms with van der Waals surface area (Å²) in [6, 6.07) is 19.4. The number of hydrogen-bond donors (Lipinski definition) is 1. The second-order valence-corrected chi connectivity index (χ2v) is 8.48. The summed E-state index contributed by atoms with van der Waals surface area (Å²) in [6.07, 6.45) is -0.232. The third-order valence-electron chi connectivity index (χ3n) is 5.53. The number of carbonyl (C=O) groups is 1. The second-order valence-electron chi connectivity index (χ2n) is 8.13. The first-order valence-electron chi connectivity index (χ1n) is 10.7. The van der Waals surface area contributed by atoms with Gasteiger partial charge < -0.3 is 10.1 Å². The Labute approximate surface area is 199 Å². The van der Waals surface area contributed by atoms with Crippen molar-refractivity contribution in [3.05, 3.63) is 93.0 Å². The minimum absolute atomic E-state index is 0.0479. The van der Waals surface area contributed by atoms with Crippen LogP contribution in [0.5, 0.6) is 0 Å². The molecule has 0 saturated heterocycles. The number of hydrogen-bond acceptors (Lipinski definition) is 6. The van der Waals surface area contributed by atoms with E-state index in [0.717, 1.165) is 11.1 Å². The van der Waals surface area contributed by atoms with Crippen molar-refractivity contribution in [2.24, 2.45) is 0 Å². The van der Waals surface area contributed by atoms with Crippen molar-refractivity contribution in [2.75, 3.05) is 19.4 Å². The third-order valence-corrected chi connectivity index (χ3v) is 5.89. The average molecular weight is 469 g/mol. The van der Waals surface area contributed by atoms with Crippen LogP contribution in [0.15, 0.2) is 65.5 Å². The Morgan fingerprint density at radius 3 is 2.33 bits per heavy atom. The Balaban J connectivity index is 1.81. The first-order chi connectivity index (χ1) is 15.8. The van der Waals surface area contributed by atoms with E-state index >= 15 is 0 Å². The van der Waals surface area contributed by atoms with Crippen molar-refractivity contribution in [1.29, 1.82) is 0 Å². The molecule has 0 saturated carbocycles. The van der Waals surface area contributed by atoms with Gasteiger partial charge in [0.1, 0.15) is 13.2 Å². The van der Waals surface area contributed by atoms with E-state index in [0.29, 0.717) is 5.69 Å². The van der Waals surface area contributed by atoms with Gasteiger partial charge in [-0.2, -0.15) is 0 Å². The van der Waals surface area contributed by atoms with Crippen LogP contribution in [0.3, 0.4) is 0 Å². The second kappa shape index (κ2) is 11.1. The maximum absolute atomic E-state index is 13.2. The molecular formula is C25H29ClN4O3. The molecule has 3 rings (SSSR count). The minimum atomic E-state index is -0.529. The maximum atomic E-state index is 13.2. The summed E-state index contributed by atoms with van der Waals surface area (Å²) in [5.41, 5.74) is 1.96. The molecule has 0 bridgehead atoms. The van der Waals surface area contributed by atoms with Crippen molar-refractivity contribution in [1.82, 2.24) is 14.5 Å². The van der Waals surface area contributed by atoms with Gasteiger partial charge in [-0.15, -0.1) is 0 Å². The fraction of sp³-hybridized carbons (Fsp3) is 0.320. The SMILES string of the molecule is Cc1c(Cl)nc(NC(C(C)c2ccccc2)N(C)C)c(=O)n1CC(=O)OCc1ccccc1. The molecule has 8 heteroatoms. The molecule has 0 aliphatic rings. The zero-order valence-corrected chi connectivity index (χ0v) is 20.0. The smallest absolute Gasteiger partial charge is 0.326 e. The lowest BCUT2D eigenvalue weighted by atomic mass is 9.97. The largest absolute Gasteiger partial charge is 0.459 e. The number of likely N-dealkylation sites (N-methyl/N-ethyl adjacent to an activating group) is 1. The number of benzene rings is 2. The van der Waals surface area contributed by atoms with Crippen molar-refractivity contribution in [3.63, 3.8) is 0 Å². The normalized spacial score (nSPS) is 12.9. The number of rotatable bonds is 9. The van der Waals surface area contributed by atoms with E-state index in [1.807, 2.05) is 79.7 Å². The van der Waals surface area contributed by atoms with Gasteiger partial charge in [-0.05, 0) is 32.1 Å². The highest BCUT2D eigenvalue weighted by Gasteiger charge is 2.24. The van der Waals surface area contributed by atoms with Crippen molar-refractivity contribution >= 4 is 23.4 Å². The van der Waals surface area contributed by atoms with Gasteiger partial charge in [0, 0.05) is 5.92 Å². The van der Waals surface area contributed by atoms with E-state index in [4.69, 9.17) is 16.3 Å². The van der Waals surface area contributed by atoms with Crippen LogP contribution < -0.4 is 10.9 Å². The zero-order valence-electron chi connectivity index (χ0n) is 19.3. The van der Waals surface area contributed by atoms with Crippen LogP contribution in [0, 0.1) is 6.92 Å². The summed E-state index contributed by atoms with van der Waals surface area (Å²) in [5, 5.41) is 3.38. The van der Waals surface area contributed by atoms with E-state index in [1.54, 1.807) is 6.92 Å². The Bertz CT molecular complexity index is 1130. The zero-order chi connectivity index (χ0) is 24.0. The molecule has 0 fully saturated rings. The van der Waals surface area contributed by atoms with Gasteiger partial charge >= 0.3 is 5.97 Å². The molecule has 0 aliphatic carbocycles. The number of nitrogens with zero attached hydrogens (tertiary/aromatic N) is 3. The summed E-state index contributed by atoms with van der Waals surface area (Å²) >= 11 is 6.33. The molecule has 0 spiro atoms. The first-order valence-corrected chi connectivity index (χ1v) is 11.1. The number of aromatic nitrogens is 2. The Morgan fingerprint density at radius 1 is 1.12 bits per heavy atom. The molecule has 2 aromatic carbocycles. The number of halogens is 1. The molecule has 7 nitrogen and oxygen atoms in total. The molecule has 0 radical (unpaired) electrons. The molecule has 0 aliphatic heterocycles. The first kappa shape index (κ1) is 24.5. The van der Waals surface area contributed by atoms with Crippen LogP contribution in [-0.4, -0.2) is 40.7 Å². The number of anilines is 1. The van der Waals surface area contributed by atoms with E-state index < -0.39 is 11.5 Å². The van der Waals surface area contributed by atoms with E-state index in [-0.39, 0.29) is 36.2 Å². The third kappa shape index (κ3) is 6.21. The molecule has 2 atom stereocenters. The van der Waals surface area contributed by atoms with Crippen LogP contribution >= 0.6 is 11.6 Å². The quantitative estimate of drug-likeness (QED) is 0.377.